The lowest BCUT2D eigenvalue weighted by atomic mass is 10.1. The van der Waals surface area contributed by atoms with E-state index in [0.717, 1.165) is 11.1 Å². The van der Waals surface area contributed by atoms with Crippen LogP contribution in [0.1, 0.15) is 28.4 Å². The highest BCUT2D eigenvalue weighted by molar-refractivity contribution is 5.89. The lowest BCUT2D eigenvalue weighted by molar-refractivity contribution is 0.0435. The van der Waals surface area contributed by atoms with Gasteiger partial charge in [-0.3, -0.25) is 0 Å². The molecule has 1 rings (SSSR count). The summed E-state index contributed by atoms with van der Waals surface area (Å²) in [5.41, 5.74) is 2.65. The number of esters is 1. The van der Waals surface area contributed by atoms with Crippen molar-refractivity contribution in [2.45, 2.75) is 26.9 Å². The van der Waals surface area contributed by atoms with E-state index in [1.54, 1.807) is 19.1 Å². The zero-order valence-electron chi connectivity index (χ0n) is 9.07. The van der Waals surface area contributed by atoms with Gasteiger partial charge in [0.25, 0.3) is 0 Å². The summed E-state index contributed by atoms with van der Waals surface area (Å²) in [6, 6.07) is 7.18. The van der Waals surface area contributed by atoms with Crippen molar-refractivity contribution in [3.63, 3.8) is 0 Å². The maximum Gasteiger partial charge on any atom is 0.339 e. The summed E-state index contributed by atoms with van der Waals surface area (Å²) < 4.78 is 4.88. The molecule has 0 fully saturated rings. The van der Waals surface area contributed by atoms with E-state index in [9.17, 15) is 4.79 Å². The average Bonchev–Trinajstić information content (AvgIpc) is 2.21. The first-order valence-electron chi connectivity index (χ1n) is 4.72. The van der Waals surface area contributed by atoms with E-state index >= 15 is 0 Å². The fourth-order valence-electron chi connectivity index (χ4n) is 1.12. The lowest BCUT2D eigenvalue weighted by Gasteiger charge is -2.07. The topological polar surface area (TPSA) is 50.1 Å². The molecule has 0 amide bonds. The van der Waals surface area contributed by atoms with E-state index in [1.807, 2.05) is 26.0 Å². The van der Waals surface area contributed by atoms with Crippen molar-refractivity contribution in [2.24, 2.45) is 0 Å². The molecule has 0 aromatic heterocycles. The molecule has 0 bridgehead atoms. The zero-order valence-corrected chi connectivity index (χ0v) is 9.07. The van der Waals surface area contributed by atoms with Crippen molar-refractivity contribution in [3.8, 4) is 6.07 Å². The first kappa shape index (κ1) is 11.3. The molecule has 0 N–H and O–H groups in total. The summed E-state index contributed by atoms with van der Waals surface area (Å²) >= 11 is 0. The van der Waals surface area contributed by atoms with Crippen molar-refractivity contribution in [1.82, 2.24) is 0 Å². The van der Waals surface area contributed by atoms with Gasteiger partial charge in [-0.15, -0.1) is 0 Å². The Kier molecular flexibility index (Phi) is 3.46. The molecule has 0 saturated heterocycles. The van der Waals surface area contributed by atoms with E-state index in [2.05, 4.69) is 0 Å². The van der Waals surface area contributed by atoms with Crippen LogP contribution in [-0.2, 0) is 4.74 Å². The van der Waals surface area contributed by atoms with E-state index < -0.39 is 12.1 Å². The molecule has 0 heterocycles. The highest BCUT2D eigenvalue weighted by Crippen LogP contribution is 2.11. The van der Waals surface area contributed by atoms with Crippen LogP contribution in [0, 0.1) is 25.2 Å². The van der Waals surface area contributed by atoms with Crippen LogP contribution in [0.2, 0.25) is 0 Å². The zero-order chi connectivity index (χ0) is 11.4. The first-order valence-corrected chi connectivity index (χ1v) is 4.72. The van der Waals surface area contributed by atoms with Gasteiger partial charge in [-0.05, 0) is 44.0 Å². The molecule has 1 unspecified atom stereocenters. The third kappa shape index (κ3) is 2.81. The largest absolute Gasteiger partial charge is 0.444 e. The molecule has 3 nitrogen and oxygen atoms in total. The number of hydrogen-bond donors (Lipinski definition) is 0. The Morgan fingerprint density at radius 1 is 1.40 bits per heavy atom. The molecule has 0 aliphatic heterocycles. The van der Waals surface area contributed by atoms with Gasteiger partial charge >= 0.3 is 5.97 Å². The van der Waals surface area contributed by atoms with Crippen molar-refractivity contribution in [3.05, 3.63) is 34.9 Å². The summed E-state index contributed by atoms with van der Waals surface area (Å²) in [6.07, 6.45) is -0.709. The minimum atomic E-state index is -0.709. The molecule has 15 heavy (non-hydrogen) atoms. The smallest absolute Gasteiger partial charge is 0.339 e. The number of nitriles is 1. The Labute approximate surface area is 89.3 Å². The van der Waals surface area contributed by atoms with Crippen molar-refractivity contribution < 1.29 is 9.53 Å². The van der Waals surface area contributed by atoms with Gasteiger partial charge < -0.3 is 4.74 Å². The fraction of sp³-hybridized carbons (Fsp3) is 0.333. The quantitative estimate of drug-likeness (QED) is 0.693. The van der Waals surface area contributed by atoms with Crippen molar-refractivity contribution in [1.29, 1.82) is 5.26 Å². The van der Waals surface area contributed by atoms with E-state index in [4.69, 9.17) is 10.00 Å². The van der Waals surface area contributed by atoms with Crippen LogP contribution in [0.25, 0.3) is 0 Å². The maximum atomic E-state index is 11.5. The summed E-state index contributed by atoms with van der Waals surface area (Å²) in [6.45, 7) is 5.45. The van der Waals surface area contributed by atoms with Gasteiger partial charge in [-0.25, -0.2) is 4.79 Å². The van der Waals surface area contributed by atoms with Gasteiger partial charge in [-0.1, -0.05) is 6.07 Å². The van der Waals surface area contributed by atoms with E-state index in [1.165, 1.54) is 0 Å². The standard InChI is InChI=1S/C12H13NO2/c1-8-4-5-11(6-9(8)2)12(14)15-10(3)7-13/h4-6,10H,1-3H3. The second-order valence-corrected chi connectivity index (χ2v) is 3.48. The van der Waals surface area contributed by atoms with E-state index in [0.29, 0.717) is 5.56 Å². The minimum absolute atomic E-state index is 0.452. The highest BCUT2D eigenvalue weighted by atomic mass is 16.5. The van der Waals surface area contributed by atoms with Gasteiger partial charge in [-0.2, -0.15) is 5.26 Å². The number of benzene rings is 1. The molecule has 1 atom stereocenters. The Morgan fingerprint density at radius 2 is 2.07 bits per heavy atom. The SMILES string of the molecule is Cc1ccc(C(=O)OC(C)C#N)cc1C. The average molecular weight is 203 g/mol. The normalized spacial score (nSPS) is 11.6. The number of ether oxygens (including phenoxy) is 1. The Bertz CT molecular complexity index is 418. The Morgan fingerprint density at radius 3 is 2.60 bits per heavy atom. The van der Waals surface area contributed by atoms with Crippen LogP contribution < -0.4 is 0 Å². The molecule has 78 valence electrons. The minimum Gasteiger partial charge on any atom is -0.444 e. The molecule has 0 saturated carbocycles. The Hall–Kier alpha value is -1.82. The predicted molar refractivity (Wildman–Crippen MR) is 56.4 cm³/mol. The summed E-state index contributed by atoms with van der Waals surface area (Å²) in [5.74, 6) is -0.452. The van der Waals surface area contributed by atoms with Crippen molar-refractivity contribution in [2.75, 3.05) is 0 Å². The fourth-order valence-corrected chi connectivity index (χ4v) is 1.12. The van der Waals surface area contributed by atoms with Crippen LogP contribution >= 0.6 is 0 Å². The van der Waals surface area contributed by atoms with Gasteiger partial charge in [0.15, 0.2) is 6.10 Å². The van der Waals surface area contributed by atoms with Gasteiger partial charge in [0, 0.05) is 0 Å². The maximum absolute atomic E-state index is 11.5. The third-order valence-corrected chi connectivity index (χ3v) is 2.21. The molecule has 3 heteroatoms. The predicted octanol–water partition coefficient (Wildman–Crippen LogP) is 2.37. The lowest BCUT2D eigenvalue weighted by Crippen LogP contribution is -2.13. The molecule has 1 aromatic carbocycles. The van der Waals surface area contributed by atoms with Crippen molar-refractivity contribution >= 4 is 5.97 Å². The van der Waals surface area contributed by atoms with Crippen LogP contribution in [0.5, 0.6) is 0 Å². The molecular formula is C12H13NO2. The summed E-state index contributed by atoms with van der Waals surface area (Å²) in [5, 5.41) is 8.50. The van der Waals surface area contributed by atoms with Gasteiger partial charge in [0.05, 0.1) is 5.56 Å². The molecule has 0 spiro atoms. The van der Waals surface area contributed by atoms with E-state index in [-0.39, 0.29) is 0 Å². The third-order valence-electron chi connectivity index (χ3n) is 2.21. The molecular weight excluding hydrogens is 190 g/mol. The molecule has 1 aromatic rings. The summed E-state index contributed by atoms with van der Waals surface area (Å²) in [7, 11) is 0. The number of nitrogens with zero attached hydrogens (tertiary/aromatic N) is 1. The number of hydrogen-bond acceptors (Lipinski definition) is 3. The van der Waals surface area contributed by atoms with Crippen LogP contribution in [0.3, 0.4) is 0 Å². The number of carbonyl (C=O) groups is 1. The van der Waals surface area contributed by atoms with Crippen LogP contribution in [-0.4, -0.2) is 12.1 Å². The highest BCUT2D eigenvalue weighted by Gasteiger charge is 2.11. The summed E-state index contributed by atoms with van der Waals surface area (Å²) in [4.78, 5) is 11.5. The van der Waals surface area contributed by atoms with Crippen LogP contribution in [0.4, 0.5) is 0 Å². The second kappa shape index (κ2) is 4.61. The molecule has 0 aliphatic carbocycles. The monoisotopic (exact) mass is 203 g/mol. The number of carbonyl (C=O) groups excluding carboxylic acids is 1. The van der Waals surface area contributed by atoms with Crippen LogP contribution in [0.15, 0.2) is 18.2 Å². The number of aryl methyl sites for hydroxylation is 2. The van der Waals surface area contributed by atoms with Gasteiger partial charge in [0.2, 0.25) is 0 Å². The Balaban J connectivity index is 2.84. The first-order chi connectivity index (χ1) is 7.04. The number of rotatable bonds is 2. The second-order valence-electron chi connectivity index (χ2n) is 3.48. The molecule has 0 radical (unpaired) electrons. The van der Waals surface area contributed by atoms with Gasteiger partial charge in [0.1, 0.15) is 6.07 Å². The molecule has 0 aliphatic rings.